The number of carbonyl (C=O) groups is 2. The molecule has 4 aliphatic rings. The van der Waals surface area contributed by atoms with Gasteiger partial charge in [0.05, 0.1) is 6.54 Å². The van der Waals surface area contributed by atoms with E-state index in [0.717, 1.165) is 41.6 Å². The van der Waals surface area contributed by atoms with Crippen LogP contribution in [-0.4, -0.2) is 34.7 Å². The summed E-state index contributed by atoms with van der Waals surface area (Å²) >= 11 is 0. The number of ether oxygens (including phenoxy) is 3. The molecule has 0 saturated heterocycles. The molecule has 3 aliphatic carbocycles. The molecule has 8 rings (SSSR count). The standard InChI is InChI=1S/C38H40N4O5/c1-36(2,3)47-35(44)39-25-37-22-38(23-37,24-37)41-30-16-10-15-28-29(30)19-42(34(28)43)31-17-18-32(45-20-26-11-6-4-7-12-26)40-33(31)46-21-27-13-8-5-9-14-27/h4-18,41H,19-25H2,1-3H3,(H,39,44). The van der Waals surface area contributed by atoms with E-state index in [1.807, 2.05) is 106 Å². The number of hydrogen-bond donors (Lipinski definition) is 2. The molecule has 4 aromatic rings. The number of alkyl carbamates (subject to hydrolysis) is 1. The van der Waals surface area contributed by atoms with Crippen molar-refractivity contribution in [3.8, 4) is 11.8 Å². The Hall–Kier alpha value is -5.05. The van der Waals surface area contributed by atoms with Crippen molar-refractivity contribution in [3.63, 3.8) is 0 Å². The van der Waals surface area contributed by atoms with Gasteiger partial charge in [0.15, 0.2) is 0 Å². The fraction of sp³-hybridized carbons (Fsp3) is 0.342. The number of aromatic nitrogens is 1. The summed E-state index contributed by atoms with van der Waals surface area (Å²) in [5.74, 6) is 0.670. The lowest BCUT2D eigenvalue weighted by molar-refractivity contribution is -0.113. The summed E-state index contributed by atoms with van der Waals surface area (Å²) in [5, 5.41) is 6.73. The van der Waals surface area contributed by atoms with E-state index < -0.39 is 5.60 Å². The van der Waals surface area contributed by atoms with Gasteiger partial charge >= 0.3 is 6.09 Å². The Morgan fingerprint density at radius 2 is 1.51 bits per heavy atom. The number of pyridine rings is 1. The zero-order chi connectivity index (χ0) is 32.6. The molecular weight excluding hydrogens is 592 g/mol. The summed E-state index contributed by atoms with van der Waals surface area (Å²) in [6.45, 7) is 7.26. The second-order valence-corrected chi connectivity index (χ2v) is 14.0. The second-order valence-electron chi connectivity index (χ2n) is 14.0. The molecule has 3 fully saturated rings. The second kappa shape index (κ2) is 12.0. The molecule has 9 nitrogen and oxygen atoms in total. The third-order valence-electron chi connectivity index (χ3n) is 9.07. The third-order valence-corrected chi connectivity index (χ3v) is 9.07. The van der Waals surface area contributed by atoms with Crippen molar-refractivity contribution in [2.45, 2.75) is 70.9 Å². The highest BCUT2D eigenvalue weighted by atomic mass is 16.6. The molecule has 3 aromatic carbocycles. The zero-order valence-corrected chi connectivity index (χ0v) is 27.0. The lowest BCUT2D eigenvalue weighted by atomic mass is 9.39. The molecule has 0 atom stereocenters. The Morgan fingerprint density at radius 1 is 0.851 bits per heavy atom. The van der Waals surface area contributed by atoms with Gasteiger partial charge in [-0.05, 0) is 74.8 Å². The van der Waals surface area contributed by atoms with E-state index in [2.05, 4.69) is 10.6 Å². The molecule has 1 aromatic heterocycles. The predicted molar refractivity (Wildman–Crippen MR) is 180 cm³/mol. The average molecular weight is 633 g/mol. The van der Waals surface area contributed by atoms with Gasteiger partial charge in [-0.25, -0.2) is 4.79 Å². The van der Waals surface area contributed by atoms with Crippen LogP contribution in [0.2, 0.25) is 0 Å². The van der Waals surface area contributed by atoms with Crippen LogP contribution in [0.3, 0.4) is 0 Å². The molecule has 0 spiro atoms. The Balaban J connectivity index is 1.05. The lowest BCUT2D eigenvalue weighted by Crippen LogP contribution is -2.73. The smallest absolute Gasteiger partial charge is 0.407 e. The molecule has 2 bridgehead atoms. The van der Waals surface area contributed by atoms with Gasteiger partial charge < -0.3 is 24.8 Å². The van der Waals surface area contributed by atoms with Crippen LogP contribution in [0, 0.1) is 5.41 Å². The van der Waals surface area contributed by atoms with Crippen molar-refractivity contribution in [2.75, 3.05) is 16.8 Å². The maximum atomic E-state index is 13.9. The molecular formula is C38H40N4O5. The maximum Gasteiger partial charge on any atom is 0.407 e. The van der Waals surface area contributed by atoms with Crippen LogP contribution in [0.25, 0.3) is 0 Å². The Kier molecular flexibility index (Phi) is 7.78. The van der Waals surface area contributed by atoms with E-state index in [4.69, 9.17) is 19.2 Å². The minimum atomic E-state index is -0.520. The number of benzene rings is 3. The fourth-order valence-corrected chi connectivity index (χ4v) is 7.09. The number of hydrogen-bond acceptors (Lipinski definition) is 7. The van der Waals surface area contributed by atoms with Crippen molar-refractivity contribution < 1.29 is 23.8 Å². The largest absolute Gasteiger partial charge is 0.473 e. The van der Waals surface area contributed by atoms with Gasteiger partial charge in [0.25, 0.3) is 5.91 Å². The molecule has 2 N–H and O–H groups in total. The van der Waals surface area contributed by atoms with Crippen LogP contribution in [0.5, 0.6) is 11.8 Å². The van der Waals surface area contributed by atoms with Crippen molar-refractivity contribution in [1.82, 2.24) is 10.3 Å². The number of rotatable bonds is 11. The van der Waals surface area contributed by atoms with Gasteiger partial charge in [-0.15, -0.1) is 0 Å². The van der Waals surface area contributed by atoms with Gasteiger partial charge in [-0.3, -0.25) is 9.69 Å². The summed E-state index contributed by atoms with van der Waals surface area (Å²) in [7, 11) is 0. The van der Waals surface area contributed by atoms with Crippen molar-refractivity contribution in [2.24, 2.45) is 5.41 Å². The average Bonchev–Trinajstić information content (AvgIpc) is 3.36. The summed E-state index contributed by atoms with van der Waals surface area (Å²) < 4.78 is 17.7. The van der Waals surface area contributed by atoms with Crippen LogP contribution in [0.1, 0.15) is 67.1 Å². The third kappa shape index (κ3) is 6.48. The van der Waals surface area contributed by atoms with Gasteiger partial charge in [-0.2, -0.15) is 4.98 Å². The normalized spacial score (nSPS) is 20.8. The van der Waals surface area contributed by atoms with Crippen LogP contribution in [0.15, 0.2) is 91.0 Å². The first kappa shape index (κ1) is 30.6. The first-order valence-corrected chi connectivity index (χ1v) is 16.1. The molecule has 1 aliphatic heterocycles. The summed E-state index contributed by atoms with van der Waals surface area (Å²) in [6, 6.07) is 29.3. The van der Waals surface area contributed by atoms with Gasteiger partial charge in [0.1, 0.15) is 24.5 Å². The van der Waals surface area contributed by atoms with Gasteiger partial charge in [-0.1, -0.05) is 66.7 Å². The first-order valence-electron chi connectivity index (χ1n) is 16.1. The Bertz CT molecular complexity index is 1770. The van der Waals surface area contributed by atoms with Crippen LogP contribution in [0.4, 0.5) is 16.2 Å². The van der Waals surface area contributed by atoms with Crippen LogP contribution < -0.4 is 25.0 Å². The minimum absolute atomic E-state index is 0.0234. The molecule has 0 radical (unpaired) electrons. The summed E-state index contributed by atoms with van der Waals surface area (Å²) in [4.78, 5) is 32.5. The number of fused-ring (bicyclic) bond motifs is 1. The fourth-order valence-electron chi connectivity index (χ4n) is 7.09. The van der Waals surface area contributed by atoms with E-state index in [-0.39, 0.29) is 23.0 Å². The van der Waals surface area contributed by atoms with Crippen molar-refractivity contribution in [3.05, 3.63) is 113 Å². The van der Waals surface area contributed by atoms with E-state index >= 15 is 0 Å². The lowest BCUT2D eigenvalue weighted by Gasteiger charge is -2.71. The monoisotopic (exact) mass is 632 g/mol. The molecule has 3 saturated carbocycles. The minimum Gasteiger partial charge on any atom is -0.473 e. The van der Waals surface area contributed by atoms with Crippen LogP contribution >= 0.6 is 0 Å². The number of anilines is 2. The molecule has 2 heterocycles. The molecule has 0 unspecified atom stereocenters. The topological polar surface area (TPSA) is 102 Å². The molecule has 242 valence electrons. The highest BCUT2D eigenvalue weighted by Gasteiger charge is 2.67. The summed E-state index contributed by atoms with van der Waals surface area (Å²) in [5.41, 5.74) is 4.78. The molecule has 2 amide bonds. The number of nitrogens with one attached hydrogen (secondary N) is 2. The number of amides is 2. The van der Waals surface area contributed by atoms with E-state index in [9.17, 15) is 9.59 Å². The Morgan fingerprint density at radius 3 is 2.17 bits per heavy atom. The molecule has 47 heavy (non-hydrogen) atoms. The highest BCUT2D eigenvalue weighted by molar-refractivity contribution is 6.11. The van der Waals surface area contributed by atoms with E-state index in [0.29, 0.717) is 49.3 Å². The number of carbonyl (C=O) groups excluding carboxylic acids is 2. The Labute approximate surface area is 275 Å². The van der Waals surface area contributed by atoms with Crippen molar-refractivity contribution in [1.29, 1.82) is 0 Å². The molecule has 9 heteroatoms. The SMILES string of the molecule is CC(C)(C)OC(=O)NCC12CC(Nc3cccc4c3CN(c3ccc(OCc5ccccc5)nc3OCc3ccccc3)C4=O)(C1)C2. The zero-order valence-electron chi connectivity index (χ0n) is 27.0. The van der Waals surface area contributed by atoms with E-state index in [1.165, 1.54) is 0 Å². The highest BCUT2D eigenvalue weighted by Crippen LogP contribution is 2.68. The summed E-state index contributed by atoms with van der Waals surface area (Å²) in [6.07, 6.45) is 2.51. The predicted octanol–water partition coefficient (Wildman–Crippen LogP) is 7.26. The van der Waals surface area contributed by atoms with Gasteiger partial charge in [0, 0.05) is 35.0 Å². The maximum absolute atomic E-state index is 13.9. The number of nitrogens with zero attached hydrogens (tertiary/aromatic N) is 2. The van der Waals surface area contributed by atoms with Crippen molar-refractivity contribution >= 4 is 23.4 Å². The van der Waals surface area contributed by atoms with E-state index in [1.54, 1.807) is 11.0 Å². The van der Waals surface area contributed by atoms with Gasteiger partial charge in [0.2, 0.25) is 11.8 Å². The first-order chi connectivity index (χ1) is 22.6. The van der Waals surface area contributed by atoms with Crippen LogP contribution in [-0.2, 0) is 24.5 Å². The quantitative estimate of drug-likeness (QED) is 0.179.